The number of carboxylic acids is 1. The van der Waals surface area contributed by atoms with Crippen LogP contribution in [0.5, 0.6) is 0 Å². The van der Waals surface area contributed by atoms with E-state index in [2.05, 4.69) is 0 Å². The normalized spacial score (nSPS) is 41.3. The number of carbonyl (C=O) groups is 1. The molecule has 1 saturated heterocycles. The van der Waals surface area contributed by atoms with Gasteiger partial charge in [-0.3, -0.25) is 4.79 Å². The van der Waals surface area contributed by atoms with Crippen molar-refractivity contribution in [3.8, 4) is 0 Å². The molecule has 11 heavy (non-hydrogen) atoms. The Hall–Kier alpha value is -0.570. The second kappa shape index (κ2) is 2.48. The summed E-state index contributed by atoms with van der Waals surface area (Å²) in [5, 5.41) is 8.51. The number of hydrogen-bond acceptors (Lipinski definition) is 2. The van der Waals surface area contributed by atoms with Crippen LogP contribution in [0.2, 0.25) is 0 Å². The lowest BCUT2D eigenvalue weighted by Crippen LogP contribution is -2.40. The van der Waals surface area contributed by atoms with Gasteiger partial charge in [-0.2, -0.15) is 0 Å². The predicted octanol–water partition coefficient (Wildman–Crippen LogP) is 0.886. The molecular weight excluding hydrogens is 144 g/mol. The van der Waals surface area contributed by atoms with Crippen LogP contribution in [0.3, 0.4) is 0 Å². The Morgan fingerprint density at radius 3 is 3.09 bits per heavy atom. The molecule has 3 nitrogen and oxygen atoms in total. The molecule has 0 aromatic rings. The van der Waals surface area contributed by atoms with E-state index in [0.717, 1.165) is 19.4 Å². The Balaban J connectivity index is 1.85. The van der Waals surface area contributed by atoms with Gasteiger partial charge in [0.2, 0.25) is 0 Å². The fourth-order valence-corrected chi connectivity index (χ4v) is 2.18. The minimum atomic E-state index is -0.691. The molecule has 3 atom stereocenters. The molecule has 1 aliphatic heterocycles. The number of ether oxygens (including phenoxy) is 1. The zero-order valence-electron chi connectivity index (χ0n) is 6.32. The van der Waals surface area contributed by atoms with Gasteiger partial charge in [-0.05, 0) is 24.7 Å². The van der Waals surface area contributed by atoms with E-state index in [4.69, 9.17) is 9.84 Å². The van der Waals surface area contributed by atoms with E-state index in [1.54, 1.807) is 0 Å². The van der Waals surface area contributed by atoms with Crippen LogP contribution in [0, 0.1) is 11.8 Å². The van der Waals surface area contributed by atoms with E-state index in [1.165, 1.54) is 0 Å². The van der Waals surface area contributed by atoms with Crippen molar-refractivity contribution in [2.75, 3.05) is 6.61 Å². The molecule has 0 bridgehead atoms. The summed E-state index contributed by atoms with van der Waals surface area (Å²) in [6.45, 7) is 0.839. The first-order chi connectivity index (χ1) is 5.27. The molecule has 0 unspecified atom stereocenters. The molecule has 0 radical (unpaired) electrons. The standard InChI is InChI=1S/C8H12O3/c9-7(10)4-6-3-5-1-2-11-8(5)6/h5-6,8H,1-4H2,(H,9,10)/t5-,6-,8-/m0/s1. The van der Waals surface area contributed by atoms with E-state index in [9.17, 15) is 4.79 Å². The lowest BCUT2D eigenvalue weighted by Gasteiger charge is -2.37. The van der Waals surface area contributed by atoms with Crippen molar-refractivity contribution < 1.29 is 14.6 Å². The molecule has 0 aromatic heterocycles. The van der Waals surface area contributed by atoms with E-state index in [1.807, 2.05) is 0 Å². The van der Waals surface area contributed by atoms with Crippen LogP contribution in [0.4, 0.5) is 0 Å². The van der Waals surface area contributed by atoms with Crippen LogP contribution >= 0.6 is 0 Å². The monoisotopic (exact) mass is 156 g/mol. The first-order valence-corrected chi connectivity index (χ1v) is 4.11. The lowest BCUT2D eigenvalue weighted by molar-refractivity contribution is -0.142. The van der Waals surface area contributed by atoms with Crippen LogP contribution in [-0.2, 0) is 9.53 Å². The molecule has 0 amide bonds. The third kappa shape index (κ3) is 1.13. The van der Waals surface area contributed by atoms with Crippen molar-refractivity contribution >= 4 is 5.97 Å². The van der Waals surface area contributed by atoms with Crippen LogP contribution in [0.15, 0.2) is 0 Å². The molecule has 2 fully saturated rings. The molecular formula is C8H12O3. The van der Waals surface area contributed by atoms with Gasteiger partial charge >= 0.3 is 5.97 Å². The maximum Gasteiger partial charge on any atom is 0.303 e. The van der Waals surface area contributed by atoms with E-state index >= 15 is 0 Å². The fourth-order valence-electron chi connectivity index (χ4n) is 2.18. The summed E-state index contributed by atoms with van der Waals surface area (Å²) in [6, 6.07) is 0. The number of hydrogen-bond donors (Lipinski definition) is 1. The highest BCUT2D eigenvalue weighted by atomic mass is 16.5. The van der Waals surface area contributed by atoms with Crippen LogP contribution in [0.1, 0.15) is 19.3 Å². The summed E-state index contributed by atoms with van der Waals surface area (Å²) in [6.07, 6.45) is 2.78. The summed E-state index contributed by atoms with van der Waals surface area (Å²) in [5.41, 5.74) is 0. The summed E-state index contributed by atoms with van der Waals surface area (Å²) in [4.78, 5) is 10.3. The van der Waals surface area contributed by atoms with Gasteiger partial charge in [0.15, 0.2) is 0 Å². The largest absolute Gasteiger partial charge is 0.481 e. The van der Waals surface area contributed by atoms with E-state index in [-0.39, 0.29) is 6.10 Å². The van der Waals surface area contributed by atoms with Crippen molar-refractivity contribution in [2.24, 2.45) is 11.8 Å². The van der Waals surface area contributed by atoms with Gasteiger partial charge in [0.1, 0.15) is 0 Å². The van der Waals surface area contributed by atoms with E-state index < -0.39 is 5.97 Å². The molecule has 0 aromatic carbocycles. The smallest absolute Gasteiger partial charge is 0.303 e. The van der Waals surface area contributed by atoms with Crippen molar-refractivity contribution in [1.82, 2.24) is 0 Å². The van der Waals surface area contributed by atoms with Gasteiger partial charge in [-0.15, -0.1) is 0 Å². The van der Waals surface area contributed by atoms with Gasteiger partial charge in [-0.1, -0.05) is 0 Å². The summed E-state index contributed by atoms with van der Waals surface area (Å²) >= 11 is 0. The average Bonchev–Trinajstić information content (AvgIpc) is 2.26. The van der Waals surface area contributed by atoms with Crippen LogP contribution < -0.4 is 0 Å². The maximum atomic E-state index is 10.3. The van der Waals surface area contributed by atoms with E-state index in [0.29, 0.717) is 18.3 Å². The highest BCUT2D eigenvalue weighted by molar-refractivity contribution is 5.67. The summed E-state index contributed by atoms with van der Waals surface area (Å²) < 4.78 is 5.40. The van der Waals surface area contributed by atoms with Crippen molar-refractivity contribution in [2.45, 2.75) is 25.4 Å². The Morgan fingerprint density at radius 1 is 1.64 bits per heavy atom. The molecule has 2 rings (SSSR count). The topological polar surface area (TPSA) is 46.5 Å². The average molecular weight is 156 g/mol. The third-order valence-electron chi connectivity index (χ3n) is 2.77. The van der Waals surface area contributed by atoms with Gasteiger partial charge in [0.25, 0.3) is 0 Å². The number of aliphatic carboxylic acids is 1. The minimum Gasteiger partial charge on any atom is -0.481 e. The summed E-state index contributed by atoms with van der Waals surface area (Å²) in [5.74, 6) is 0.295. The molecule has 3 heteroatoms. The molecule has 1 aliphatic carbocycles. The Morgan fingerprint density at radius 2 is 2.45 bits per heavy atom. The molecule has 0 spiro atoms. The molecule has 1 heterocycles. The van der Waals surface area contributed by atoms with Gasteiger partial charge in [0.05, 0.1) is 12.5 Å². The SMILES string of the molecule is O=C(O)C[C@@H]1C[C@@H]2CCO[C@H]12. The number of carboxylic acid groups (broad SMARTS) is 1. The summed E-state index contributed by atoms with van der Waals surface area (Å²) in [7, 11) is 0. The Kier molecular flexibility index (Phi) is 1.60. The lowest BCUT2D eigenvalue weighted by atomic mass is 9.70. The highest BCUT2D eigenvalue weighted by Gasteiger charge is 2.45. The molecule has 62 valence electrons. The van der Waals surface area contributed by atoms with Gasteiger partial charge in [0, 0.05) is 6.61 Å². The quantitative estimate of drug-likeness (QED) is 0.645. The van der Waals surface area contributed by atoms with Gasteiger partial charge in [-0.25, -0.2) is 0 Å². The van der Waals surface area contributed by atoms with Crippen molar-refractivity contribution in [3.05, 3.63) is 0 Å². The zero-order chi connectivity index (χ0) is 7.84. The van der Waals surface area contributed by atoms with Crippen molar-refractivity contribution in [3.63, 3.8) is 0 Å². The molecule has 2 aliphatic rings. The zero-order valence-corrected chi connectivity index (χ0v) is 6.32. The second-order valence-electron chi connectivity index (χ2n) is 3.48. The molecule has 1 N–H and O–H groups in total. The predicted molar refractivity (Wildman–Crippen MR) is 38.2 cm³/mol. The minimum absolute atomic E-state index is 0.283. The Bertz CT molecular complexity index is 178. The highest BCUT2D eigenvalue weighted by Crippen LogP contribution is 2.44. The van der Waals surface area contributed by atoms with Crippen LogP contribution in [0.25, 0.3) is 0 Å². The maximum absolute atomic E-state index is 10.3. The first-order valence-electron chi connectivity index (χ1n) is 4.11. The van der Waals surface area contributed by atoms with Crippen molar-refractivity contribution in [1.29, 1.82) is 0 Å². The Labute approximate surface area is 65.4 Å². The van der Waals surface area contributed by atoms with Crippen LogP contribution in [-0.4, -0.2) is 23.8 Å². The molecule has 1 saturated carbocycles. The third-order valence-corrected chi connectivity index (χ3v) is 2.77. The van der Waals surface area contributed by atoms with Gasteiger partial charge < -0.3 is 9.84 Å². The first kappa shape index (κ1) is 7.10. The number of rotatable bonds is 2. The fraction of sp³-hybridized carbons (Fsp3) is 0.875. The number of fused-ring (bicyclic) bond motifs is 1. The second-order valence-corrected chi connectivity index (χ2v) is 3.48.